The maximum Gasteiger partial charge on any atom is 0.358 e. The van der Waals surface area contributed by atoms with E-state index in [9.17, 15) is 19.8 Å². The number of aromatic hydroxyl groups is 1. The second-order valence-corrected chi connectivity index (χ2v) is 8.42. The van der Waals surface area contributed by atoms with E-state index in [1.165, 1.54) is 17.4 Å². The highest BCUT2D eigenvalue weighted by Gasteiger charge is 2.24. The van der Waals surface area contributed by atoms with Crippen LogP contribution in [0.5, 0.6) is 5.75 Å². The van der Waals surface area contributed by atoms with Gasteiger partial charge in [-0.25, -0.2) is 19.6 Å². The number of pyridine rings is 1. The van der Waals surface area contributed by atoms with Gasteiger partial charge in [0.1, 0.15) is 5.75 Å². The Balaban J connectivity index is 1.46. The highest BCUT2D eigenvalue weighted by atomic mass is 32.1. The molecular formula is C23H18N4O4S. The lowest BCUT2D eigenvalue weighted by atomic mass is 9.98. The number of benzene rings is 2. The monoisotopic (exact) mass is 446 g/mol. The number of carboxylic acids is 1. The highest BCUT2D eigenvalue weighted by Crippen LogP contribution is 2.33. The van der Waals surface area contributed by atoms with E-state index in [0.717, 1.165) is 34.3 Å². The standard InChI is InChI=1S/C23H18N4O4S/c28-18-10-9-15(24-20(18)21(29)30)14-8-7-13-4-3-11-27(17(13)12-14)23(31)26-22-25-16-5-1-2-6-19(16)32-22/h1-2,5-10,12,28H,3-4,11H2,(H,29,30)(H,25,26,31). The molecule has 0 spiro atoms. The van der Waals surface area contributed by atoms with E-state index in [0.29, 0.717) is 22.9 Å². The molecule has 2 aromatic carbocycles. The molecule has 160 valence electrons. The fourth-order valence-corrected chi connectivity index (χ4v) is 4.65. The molecule has 0 radical (unpaired) electrons. The van der Waals surface area contributed by atoms with E-state index < -0.39 is 17.4 Å². The summed E-state index contributed by atoms with van der Waals surface area (Å²) in [6.45, 7) is 0.552. The summed E-state index contributed by atoms with van der Waals surface area (Å²) < 4.78 is 0.997. The van der Waals surface area contributed by atoms with Crippen LogP contribution in [0.4, 0.5) is 15.6 Å². The van der Waals surface area contributed by atoms with Gasteiger partial charge in [0.2, 0.25) is 0 Å². The number of aryl methyl sites for hydroxylation is 1. The van der Waals surface area contributed by atoms with Gasteiger partial charge in [0.05, 0.1) is 15.9 Å². The van der Waals surface area contributed by atoms with Crippen LogP contribution >= 0.6 is 11.3 Å². The van der Waals surface area contributed by atoms with Gasteiger partial charge in [0, 0.05) is 17.8 Å². The number of carbonyl (C=O) groups excluding carboxylic acids is 1. The zero-order valence-corrected chi connectivity index (χ0v) is 17.6. The molecule has 2 amide bonds. The number of carboxylic acid groups (broad SMARTS) is 1. The number of nitrogens with one attached hydrogen (secondary N) is 1. The number of aromatic nitrogens is 2. The summed E-state index contributed by atoms with van der Waals surface area (Å²) in [7, 11) is 0. The maximum absolute atomic E-state index is 13.1. The third-order valence-corrected chi connectivity index (χ3v) is 6.28. The minimum Gasteiger partial charge on any atom is -0.505 e. The van der Waals surface area contributed by atoms with E-state index in [1.807, 2.05) is 42.5 Å². The third kappa shape index (κ3) is 3.63. The van der Waals surface area contributed by atoms with Crippen LogP contribution in [0, 0.1) is 0 Å². The summed E-state index contributed by atoms with van der Waals surface area (Å²) in [6, 6.07) is 15.9. The molecule has 0 saturated heterocycles. The van der Waals surface area contributed by atoms with Gasteiger partial charge in [0.15, 0.2) is 10.8 Å². The molecule has 0 fully saturated rings. The molecule has 0 unspecified atom stereocenters. The molecule has 5 rings (SSSR count). The molecule has 0 atom stereocenters. The van der Waals surface area contributed by atoms with Crippen molar-refractivity contribution in [2.45, 2.75) is 12.8 Å². The van der Waals surface area contributed by atoms with Crippen molar-refractivity contribution in [2.75, 3.05) is 16.8 Å². The predicted molar refractivity (Wildman–Crippen MR) is 123 cm³/mol. The number of carbonyl (C=O) groups is 2. The first-order chi connectivity index (χ1) is 15.5. The number of hydrogen-bond acceptors (Lipinski definition) is 6. The van der Waals surface area contributed by atoms with E-state index >= 15 is 0 Å². The Hall–Kier alpha value is -3.98. The lowest BCUT2D eigenvalue weighted by molar-refractivity contribution is 0.0687. The summed E-state index contributed by atoms with van der Waals surface area (Å²) in [4.78, 5) is 34.7. The van der Waals surface area contributed by atoms with Gasteiger partial charge in [-0.05, 0) is 48.7 Å². The van der Waals surface area contributed by atoms with Gasteiger partial charge < -0.3 is 10.2 Å². The van der Waals surface area contributed by atoms with Gasteiger partial charge in [-0.15, -0.1) is 0 Å². The summed E-state index contributed by atoms with van der Waals surface area (Å²) >= 11 is 1.42. The average molecular weight is 446 g/mol. The van der Waals surface area contributed by atoms with Crippen molar-refractivity contribution < 1.29 is 19.8 Å². The Kier molecular flexibility index (Phi) is 4.95. The van der Waals surface area contributed by atoms with Crippen molar-refractivity contribution in [1.29, 1.82) is 0 Å². The van der Waals surface area contributed by atoms with E-state index in [1.54, 1.807) is 11.0 Å². The minimum atomic E-state index is -1.31. The molecule has 3 N–H and O–H groups in total. The van der Waals surface area contributed by atoms with Crippen molar-refractivity contribution in [3.63, 3.8) is 0 Å². The number of nitrogens with zero attached hydrogens (tertiary/aromatic N) is 3. The largest absolute Gasteiger partial charge is 0.505 e. The van der Waals surface area contributed by atoms with Crippen LogP contribution < -0.4 is 10.2 Å². The molecule has 8 nitrogen and oxygen atoms in total. The molecule has 32 heavy (non-hydrogen) atoms. The maximum atomic E-state index is 13.1. The molecule has 1 aliphatic rings. The first-order valence-corrected chi connectivity index (χ1v) is 10.8. The van der Waals surface area contributed by atoms with E-state index in [-0.39, 0.29) is 6.03 Å². The van der Waals surface area contributed by atoms with Crippen LogP contribution in [0.2, 0.25) is 0 Å². The van der Waals surface area contributed by atoms with Gasteiger partial charge in [-0.1, -0.05) is 35.6 Å². The van der Waals surface area contributed by atoms with Gasteiger partial charge >= 0.3 is 12.0 Å². The number of hydrogen-bond donors (Lipinski definition) is 3. The van der Waals surface area contributed by atoms with Gasteiger partial charge in [-0.2, -0.15) is 0 Å². The number of urea groups is 1. The molecule has 3 heterocycles. The molecule has 4 aromatic rings. The van der Waals surface area contributed by atoms with Crippen molar-refractivity contribution >= 4 is 44.4 Å². The number of thiazole rings is 1. The molecule has 0 saturated carbocycles. The Morgan fingerprint density at radius 1 is 1.06 bits per heavy atom. The fourth-order valence-electron chi connectivity index (χ4n) is 3.80. The Morgan fingerprint density at radius 3 is 2.72 bits per heavy atom. The second-order valence-electron chi connectivity index (χ2n) is 7.38. The SMILES string of the molecule is O=C(O)c1nc(-c2ccc3c(c2)N(C(=O)Nc2nc4ccccc4s2)CCC3)ccc1O. The van der Waals surface area contributed by atoms with Crippen molar-refractivity contribution in [1.82, 2.24) is 9.97 Å². The summed E-state index contributed by atoms with van der Waals surface area (Å²) in [5, 5.41) is 22.4. The lowest BCUT2D eigenvalue weighted by Crippen LogP contribution is -2.38. The van der Waals surface area contributed by atoms with Crippen LogP contribution in [0.1, 0.15) is 22.5 Å². The quantitative estimate of drug-likeness (QED) is 0.418. The third-order valence-electron chi connectivity index (χ3n) is 5.33. The summed E-state index contributed by atoms with van der Waals surface area (Å²) in [5.74, 6) is -1.70. The molecule has 2 aromatic heterocycles. The smallest absolute Gasteiger partial charge is 0.358 e. The topological polar surface area (TPSA) is 116 Å². The average Bonchev–Trinajstić information content (AvgIpc) is 3.20. The Labute approximate surface area is 186 Å². The number of aromatic carboxylic acids is 1. The zero-order chi connectivity index (χ0) is 22.2. The second kappa shape index (κ2) is 7.93. The van der Waals surface area contributed by atoms with E-state index in [2.05, 4.69) is 15.3 Å². The normalized spacial score (nSPS) is 13.1. The predicted octanol–water partition coefficient (Wildman–Crippen LogP) is 4.75. The zero-order valence-electron chi connectivity index (χ0n) is 16.8. The Morgan fingerprint density at radius 2 is 1.91 bits per heavy atom. The van der Waals surface area contributed by atoms with Crippen LogP contribution in [-0.2, 0) is 6.42 Å². The van der Waals surface area contributed by atoms with Crippen LogP contribution in [0.3, 0.4) is 0 Å². The Bertz CT molecular complexity index is 1330. The number of amides is 2. The summed E-state index contributed by atoms with van der Waals surface area (Å²) in [6.07, 6.45) is 1.67. The van der Waals surface area contributed by atoms with Crippen LogP contribution in [-0.4, -0.2) is 38.7 Å². The molecule has 0 bridgehead atoms. The van der Waals surface area contributed by atoms with Crippen LogP contribution in [0.25, 0.3) is 21.5 Å². The van der Waals surface area contributed by atoms with Gasteiger partial charge in [-0.3, -0.25) is 10.2 Å². The number of rotatable bonds is 3. The fraction of sp³-hybridized carbons (Fsp3) is 0.130. The van der Waals surface area contributed by atoms with Crippen molar-refractivity contribution in [3.05, 3.63) is 65.9 Å². The molecule has 9 heteroatoms. The molecular weight excluding hydrogens is 428 g/mol. The molecule has 0 aliphatic carbocycles. The lowest BCUT2D eigenvalue weighted by Gasteiger charge is -2.29. The van der Waals surface area contributed by atoms with Crippen LogP contribution in [0.15, 0.2) is 54.6 Å². The number of para-hydroxylation sites is 1. The van der Waals surface area contributed by atoms with Gasteiger partial charge in [0.25, 0.3) is 0 Å². The number of fused-ring (bicyclic) bond motifs is 2. The summed E-state index contributed by atoms with van der Waals surface area (Å²) in [5.41, 5.74) is 3.26. The highest BCUT2D eigenvalue weighted by molar-refractivity contribution is 7.22. The van der Waals surface area contributed by atoms with Crippen molar-refractivity contribution in [3.8, 4) is 17.0 Å². The number of anilines is 2. The first kappa shape index (κ1) is 20.0. The first-order valence-electron chi connectivity index (χ1n) is 10.0. The molecule has 1 aliphatic heterocycles. The van der Waals surface area contributed by atoms with E-state index in [4.69, 9.17) is 0 Å². The van der Waals surface area contributed by atoms with Crippen molar-refractivity contribution in [2.24, 2.45) is 0 Å². The minimum absolute atomic E-state index is 0.271.